The van der Waals surface area contributed by atoms with E-state index in [2.05, 4.69) is 50.2 Å². The molecule has 30 heavy (non-hydrogen) atoms. The summed E-state index contributed by atoms with van der Waals surface area (Å²) in [7, 11) is 0. The van der Waals surface area contributed by atoms with E-state index in [-0.39, 0.29) is 19.5 Å². The minimum atomic E-state index is 0. The van der Waals surface area contributed by atoms with Crippen LogP contribution in [0.1, 0.15) is 35.9 Å². The van der Waals surface area contributed by atoms with Gasteiger partial charge in [-0.1, -0.05) is 25.1 Å². The average molecular weight is 512 g/mol. The largest absolute Gasteiger partial charge is 0.326 e. The monoisotopic (exact) mass is 510 g/mol. The molecule has 0 amide bonds. The number of aromatic nitrogens is 1. The van der Waals surface area contributed by atoms with Crippen LogP contribution in [0.25, 0.3) is 0 Å². The van der Waals surface area contributed by atoms with Crippen LogP contribution in [0.2, 0.25) is 5.02 Å². The van der Waals surface area contributed by atoms with Crippen molar-refractivity contribution in [2.75, 3.05) is 44.7 Å². The van der Waals surface area contributed by atoms with Crippen LogP contribution in [0, 0.1) is 0 Å². The third-order valence-electron chi connectivity index (χ3n) is 5.94. The molecule has 1 unspecified atom stereocenters. The average Bonchev–Trinajstić information content (AvgIpc) is 2.85. The Morgan fingerprint density at radius 1 is 1.20 bits per heavy atom. The van der Waals surface area contributed by atoms with Crippen LogP contribution in [-0.4, -0.2) is 65.6 Å². The number of hydrogen-bond donors (Lipinski definition) is 1. The summed E-state index contributed by atoms with van der Waals surface area (Å²) < 4.78 is 1.05. The van der Waals surface area contributed by atoms with E-state index in [9.17, 15) is 0 Å². The van der Waals surface area contributed by atoms with E-state index in [1.54, 1.807) is 0 Å². The first-order chi connectivity index (χ1) is 14.0. The van der Waals surface area contributed by atoms with Crippen LogP contribution in [0.5, 0.6) is 0 Å². The van der Waals surface area contributed by atoms with E-state index >= 15 is 0 Å². The van der Waals surface area contributed by atoms with Crippen LogP contribution in [-0.2, 0) is 12.8 Å². The molecule has 0 radical (unpaired) electrons. The van der Waals surface area contributed by atoms with Crippen molar-refractivity contribution in [3.63, 3.8) is 0 Å². The highest BCUT2D eigenvalue weighted by molar-refractivity contribution is 9.10. The summed E-state index contributed by atoms with van der Waals surface area (Å²) in [5, 5.41) is 0.815. The van der Waals surface area contributed by atoms with Gasteiger partial charge in [-0.25, -0.2) is 0 Å². The van der Waals surface area contributed by atoms with Gasteiger partial charge in [-0.2, -0.15) is 11.8 Å². The number of aryl methyl sites for hydroxylation is 2. The molecule has 2 aromatic rings. The van der Waals surface area contributed by atoms with Crippen molar-refractivity contribution >= 4 is 39.3 Å². The maximum Gasteiger partial charge on any atom is 0.0782 e. The Bertz CT molecular complexity index is 804. The van der Waals surface area contributed by atoms with Gasteiger partial charge in [0, 0.05) is 60.2 Å². The van der Waals surface area contributed by atoms with Crippen molar-refractivity contribution in [1.82, 2.24) is 14.8 Å². The van der Waals surface area contributed by atoms with Gasteiger partial charge in [0.2, 0.25) is 0 Å². The van der Waals surface area contributed by atoms with Gasteiger partial charge < -0.3 is 5.73 Å². The second kappa shape index (κ2) is 10.8. The number of rotatable bonds is 5. The molecule has 4 rings (SSSR count). The molecule has 7 heteroatoms. The number of benzene rings is 1. The highest BCUT2D eigenvalue weighted by Gasteiger charge is 2.32. The normalized spacial score (nSPS) is 20.6. The lowest BCUT2D eigenvalue weighted by Gasteiger charge is -2.40. The van der Waals surface area contributed by atoms with Gasteiger partial charge in [-0.15, -0.1) is 0 Å². The van der Waals surface area contributed by atoms with Gasteiger partial charge in [0.05, 0.1) is 11.7 Å². The van der Waals surface area contributed by atoms with E-state index in [1.165, 1.54) is 22.4 Å². The fraction of sp³-hybridized carbons (Fsp3) is 0.522. The lowest BCUT2D eigenvalue weighted by Crippen LogP contribution is -2.51. The summed E-state index contributed by atoms with van der Waals surface area (Å²) in [6, 6.07) is 9.05. The van der Waals surface area contributed by atoms with Crippen LogP contribution >= 0.6 is 39.3 Å². The van der Waals surface area contributed by atoms with E-state index in [1.807, 2.05) is 24.0 Å². The van der Waals surface area contributed by atoms with E-state index in [0.29, 0.717) is 0 Å². The predicted octanol–water partition coefficient (Wildman–Crippen LogP) is 4.63. The number of fused-ring (bicyclic) bond motifs is 2. The number of halogens is 2. The van der Waals surface area contributed by atoms with Crippen LogP contribution in [0.3, 0.4) is 0 Å². The minimum absolute atomic E-state index is 0. The summed E-state index contributed by atoms with van der Waals surface area (Å²) in [6.07, 6.45) is 6.05. The van der Waals surface area contributed by atoms with Gasteiger partial charge in [0.25, 0.3) is 0 Å². The van der Waals surface area contributed by atoms with Crippen molar-refractivity contribution in [2.45, 2.75) is 32.4 Å². The Morgan fingerprint density at radius 3 is 2.67 bits per heavy atom. The number of piperazine rings is 1. The highest BCUT2D eigenvalue weighted by Crippen LogP contribution is 2.37. The van der Waals surface area contributed by atoms with Crippen molar-refractivity contribution in [3.8, 4) is 0 Å². The predicted molar refractivity (Wildman–Crippen MR) is 134 cm³/mol. The second-order valence-electron chi connectivity index (χ2n) is 8.00. The van der Waals surface area contributed by atoms with Crippen molar-refractivity contribution in [2.24, 2.45) is 5.73 Å². The number of nitrogens with zero attached hydrogens (tertiary/aromatic N) is 3. The molecule has 0 saturated carbocycles. The fourth-order valence-electron chi connectivity index (χ4n) is 4.58. The third-order valence-corrected chi connectivity index (χ3v) is 7.37. The fourth-order valence-corrected chi connectivity index (χ4v) is 5.69. The Balaban J connectivity index is 0.00000256. The van der Waals surface area contributed by atoms with Crippen LogP contribution < -0.4 is 5.73 Å². The zero-order valence-electron chi connectivity index (χ0n) is 16.8. The molecule has 1 aliphatic carbocycles. The Kier molecular flexibility index (Phi) is 8.64. The van der Waals surface area contributed by atoms with E-state index in [0.717, 1.165) is 60.8 Å². The molecule has 2 heterocycles. The molecule has 164 valence electrons. The van der Waals surface area contributed by atoms with Crippen molar-refractivity contribution < 1.29 is 0 Å². The number of hydrogen-bond acceptors (Lipinski definition) is 5. The van der Waals surface area contributed by atoms with E-state index in [4.69, 9.17) is 22.3 Å². The van der Waals surface area contributed by atoms with Crippen LogP contribution in [0.4, 0.5) is 0 Å². The first-order valence-corrected chi connectivity index (χ1v) is 12.7. The van der Waals surface area contributed by atoms with E-state index < -0.39 is 0 Å². The molecule has 2 N–H and O–H groups in total. The van der Waals surface area contributed by atoms with Gasteiger partial charge in [-0.3, -0.25) is 14.8 Å². The topological polar surface area (TPSA) is 45.4 Å². The smallest absolute Gasteiger partial charge is 0.0782 e. The first kappa shape index (κ1) is 24.0. The molecule has 1 saturated heterocycles. The second-order valence-corrected chi connectivity index (χ2v) is 10.3. The molecule has 4 nitrogen and oxygen atoms in total. The lowest BCUT2D eigenvalue weighted by atomic mass is 9.96. The van der Waals surface area contributed by atoms with Gasteiger partial charge in [0.15, 0.2) is 0 Å². The standard InChI is InChI=1S/C22H28BrClN4S.CH4/c1-29-14-19(25)13-27-6-8-28(9-7-27)22-20-5-4-18(24)11-15(20)2-3-16-10-17(23)12-26-21(16)22;/h4-5,10-12,19,22H,2-3,6-9,13-14,25H2,1H3;1H4/t19-,22?;/m1./s1. The number of pyridine rings is 1. The van der Waals surface area contributed by atoms with Gasteiger partial charge in [0.1, 0.15) is 0 Å². The van der Waals surface area contributed by atoms with Crippen molar-refractivity contribution in [3.05, 3.63) is 62.3 Å². The zero-order valence-corrected chi connectivity index (χ0v) is 19.9. The summed E-state index contributed by atoms with van der Waals surface area (Å²) in [6.45, 7) is 5.12. The summed E-state index contributed by atoms with van der Waals surface area (Å²) >= 11 is 11.8. The molecule has 1 fully saturated rings. The molecule has 1 aromatic carbocycles. The number of nitrogens with two attached hydrogens (primary N) is 1. The zero-order chi connectivity index (χ0) is 20.4. The van der Waals surface area contributed by atoms with Gasteiger partial charge in [-0.05, 0) is 69.9 Å². The SMILES string of the molecule is C.CSC[C@H](N)CN1CCN(C2c3ccc(Cl)cc3CCc3cc(Br)cnc32)CC1. The Morgan fingerprint density at radius 2 is 1.93 bits per heavy atom. The molecular formula is C23H32BrClN4S. The lowest BCUT2D eigenvalue weighted by molar-refractivity contribution is 0.105. The molecule has 2 aliphatic rings. The summed E-state index contributed by atoms with van der Waals surface area (Å²) in [4.78, 5) is 9.99. The maximum atomic E-state index is 6.34. The Hall–Kier alpha value is -0.630. The maximum absolute atomic E-state index is 6.34. The minimum Gasteiger partial charge on any atom is -0.326 e. The molecule has 2 atom stereocenters. The Labute approximate surface area is 198 Å². The molecular weight excluding hydrogens is 480 g/mol. The van der Waals surface area contributed by atoms with Crippen LogP contribution in [0.15, 0.2) is 34.9 Å². The molecule has 0 spiro atoms. The first-order valence-electron chi connectivity index (χ1n) is 10.2. The van der Waals surface area contributed by atoms with Gasteiger partial charge >= 0.3 is 0 Å². The van der Waals surface area contributed by atoms with Crippen molar-refractivity contribution in [1.29, 1.82) is 0 Å². The quantitative estimate of drug-likeness (QED) is 0.634. The number of thioether (sulfide) groups is 1. The third kappa shape index (κ3) is 5.40. The molecule has 1 aliphatic heterocycles. The highest BCUT2D eigenvalue weighted by atomic mass is 79.9. The molecule has 0 bridgehead atoms. The summed E-state index contributed by atoms with van der Waals surface area (Å²) in [5.41, 5.74) is 11.5. The summed E-state index contributed by atoms with van der Waals surface area (Å²) in [5.74, 6) is 1.02. The molecule has 1 aromatic heterocycles.